The molecule has 7 heteroatoms. The Morgan fingerprint density at radius 2 is 1.92 bits per heavy atom. The van der Waals surface area contributed by atoms with Crippen LogP contribution in [0.1, 0.15) is 10.4 Å². The van der Waals surface area contributed by atoms with Crippen molar-refractivity contribution in [1.82, 2.24) is 4.98 Å². The monoisotopic (exact) mass is 341 g/mol. The van der Waals surface area contributed by atoms with E-state index in [1.54, 1.807) is 18.3 Å². The first-order valence-electron chi connectivity index (χ1n) is 8.02. The number of rotatable bonds is 5. The van der Waals surface area contributed by atoms with Crippen LogP contribution < -0.4 is 10.2 Å². The fourth-order valence-corrected chi connectivity index (χ4v) is 2.47. The summed E-state index contributed by atoms with van der Waals surface area (Å²) in [5, 5.41) is 2.70. The minimum atomic E-state index is -0.578. The lowest BCUT2D eigenvalue weighted by molar-refractivity contribution is -0.119. The van der Waals surface area contributed by atoms with Crippen molar-refractivity contribution < 1.29 is 19.1 Å². The Kier molecular flexibility index (Phi) is 5.58. The van der Waals surface area contributed by atoms with E-state index < -0.39 is 11.9 Å². The number of anilines is 2. The van der Waals surface area contributed by atoms with Crippen LogP contribution >= 0.6 is 0 Å². The second-order valence-electron chi connectivity index (χ2n) is 5.51. The summed E-state index contributed by atoms with van der Waals surface area (Å²) in [6, 6.07) is 10.8. The maximum absolute atomic E-state index is 11.9. The number of aromatic nitrogens is 1. The van der Waals surface area contributed by atoms with E-state index in [0.29, 0.717) is 11.3 Å². The quantitative estimate of drug-likeness (QED) is 0.834. The molecule has 7 nitrogen and oxygen atoms in total. The zero-order valence-corrected chi connectivity index (χ0v) is 13.7. The van der Waals surface area contributed by atoms with Gasteiger partial charge in [-0.2, -0.15) is 0 Å². The van der Waals surface area contributed by atoms with Crippen molar-refractivity contribution in [1.29, 1.82) is 0 Å². The maximum atomic E-state index is 11.9. The maximum Gasteiger partial charge on any atom is 0.340 e. The van der Waals surface area contributed by atoms with Gasteiger partial charge in [0, 0.05) is 36.9 Å². The van der Waals surface area contributed by atoms with Gasteiger partial charge in [-0.1, -0.05) is 0 Å². The molecule has 130 valence electrons. The largest absolute Gasteiger partial charge is 0.452 e. The Hall–Kier alpha value is -2.93. The van der Waals surface area contributed by atoms with Crippen LogP contribution in [0.5, 0.6) is 0 Å². The Morgan fingerprint density at radius 3 is 2.60 bits per heavy atom. The van der Waals surface area contributed by atoms with E-state index in [2.05, 4.69) is 15.2 Å². The third kappa shape index (κ3) is 4.77. The Balaban J connectivity index is 1.48. The molecule has 0 atom stereocenters. The van der Waals surface area contributed by atoms with Gasteiger partial charge in [-0.15, -0.1) is 0 Å². The van der Waals surface area contributed by atoms with E-state index >= 15 is 0 Å². The first kappa shape index (κ1) is 16.9. The van der Waals surface area contributed by atoms with Gasteiger partial charge in [-0.25, -0.2) is 4.79 Å². The lowest BCUT2D eigenvalue weighted by atomic mass is 10.2. The molecular weight excluding hydrogens is 322 g/mol. The van der Waals surface area contributed by atoms with Gasteiger partial charge in [-0.05, 0) is 36.4 Å². The molecule has 25 heavy (non-hydrogen) atoms. The molecule has 2 heterocycles. The van der Waals surface area contributed by atoms with Gasteiger partial charge in [0.25, 0.3) is 5.91 Å². The number of amides is 1. The van der Waals surface area contributed by atoms with E-state index in [0.717, 1.165) is 32.0 Å². The van der Waals surface area contributed by atoms with Crippen LogP contribution in [0.15, 0.2) is 48.8 Å². The van der Waals surface area contributed by atoms with Crippen molar-refractivity contribution >= 4 is 23.3 Å². The molecule has 0 radical (unpaired) electrons. The summed E-state index contributed by atoms with van der Waals surface area (Å²) in [5.74, 6) is -0.970. The average Bonchev–Trinajstić information content (AvgIpc) is 2.68. The van der Waals surface area contributed by atoms with Crippen molar-refractivity contribution in [3.63, 3.8) is 0 Å². The van der Waals surface area contributed by atoms with Crippen molar-refractivity contribution in [2.45, 2.75) is 0 Å². The minimum Gasteiger partial charge on any atom is -0.452 e. The molecule has 1 saturated heterocycles. The average molecular weight is 341 g/mol. The van der Waals surface area contributed by atoms with E-state index in [-0.39, 0.29) is 6.61 Å². The highest BCUT2D eigenvalue weighted by Gasteiger charge is 2.12. The van der Waals surface area contributed by atoms with Crippen molar-refractivity contribution in [3.8, 4) is 0 Å². The molecule has 1 aromatic carbocycles. The summed E-state index contributed by atoms with van der Waals surface area (Å²) in [5.41, 5.74) is 2.05. The van der Waals surface area contributed by atoms with Crippen LogP contribution in [0.4, 0.5) is 11.4 Å². The predicted molar refractivity (Wildman–Crippen MR) is 92.6 cm³/mol. The second kappa shape index (κ2) is 8.25. The molecule has 2 aromatic rings. The highest BCUT2D eigenvalue weighted by molar-refractivity contribution is 5.95. The van der Waals surface area contributed by atoms with Crippen LogP contribution in [0.25, 0.3) is 0 Å². The van der Waals surface area contributed by atoms with Gasteiger partial charge in [0.05, 0.1) is 18.8 Å². The summed E-state index contributed by atoms with van der Waals surface area (Å²) in [7, 11) is 0. The number of benzene rings is 1. The molecule has 0 saturated carbocycles. The fraction of sp³-hybridized carbons (Fsp3) is 0.278. The highest BCUT2D eigenvalue weighted by Crippen LogP contribution is 2.19. The van der Waals surface area contributed by atoms with Gasteiger partial charge in [0.2, 0.25) is 0 Å². The van der Waals surface area contributed by atoms with Crippen LogP contribution in [0.2, 0.25) is 0 Å². The zero-order chi connectivity index (χ0) is 17.5. The number of pyridine rings is 1. The molecule has 0 unspecified atom stereocenters. The molecule has 1 amide bonds. The number of nitrogens with one attached hydrogen (secondary N) is 1. The second-order valence-corrected chi connectivity index (χ2v) is 5.51. The van der Waals surface area contributed by atoms with E-state index in [1.807, 2.05) is 24.3 Å². The summed E-state index contributed by atoms with van der Waals surface area (Å²) in [6.07, 6.45) is 2.95. The van der Waals surface area contributed by atoms with Crippen molar-refractivity contribution in [2.24, 2.45) is 0 Å². The zero-order valence-electron chi connectivity index (χ0n) is 13.7. The highest BCUT2D eigenvalue weighted by atomic mass is 16.5. The number of ether oxygens (including phenoxy) is 2. The molecule has 3 rings (SSSR count). The standard InChI is InChI=1S/C18H19N3O4/c22-17(13-25-18(23)14-2-1-7-19-12-14)20-15-3-5-16(6-4-15)21-8-10-24-11-9-21/h1-7,12H,8-11,13H2,(H,20,22). The summed E-state index contributed by atoms with van der Waals surface area (Å²) in [4.78, 5) is 29.7. The molecule has 0 bridgehead atoms. The van der Waals surface area contributed by atoms with Gasteiger partial charge < -0.3 is 19.7 Å². The molecule has 0 spiro atoms. The number of esters is 1. The summed E-state index contributed by atoms with van der Waals surface area (Å²) >= 11 is 0. The molecule has 0 aliphatic carbocycles. The number of carbonyl (C=O) groups excluding carboxylic acids is 2. The third-order valence-corrected chi connectivity index (χ3v) is 3.76. The van der Waals surface area contributed by atoms with Crippen LogP contribution in [0, 0.1) is 0 Å². The predicted octanol–water partition coefficient (Wildman–Crippen LogP) is 1.71. The van der Waals surface area contributed by atoms with Crippen molar-refractivity contribution in [3.05, 3.63) is 54.4 Å². The van der Waals surface area contributed by atoms with Crippen LogP contribution in [-0.4, -0.2) is 49.8 Å². The Bertz CT molecular complexity index is 713. The van der Waals surface area contributed by atoms with E-state index in [4.69, 9.17) is 9.47 Å². The molecule has 1 fully saturated rings. The number of hydrogen-bond donors (Lipinski definition) is 1. The molecular formula is C18H19N3O4. The van der Waals surface area contributed by atoms with E-state index in [9.17, 15) is 9.59 Å². The van der Waals surface area contributed by atoms with Gasteiger partial charge >= 0.3 is 5.97 Å². The van der Waals surface area contributed by atoms with Crippen LogP contribution in [0.3, 0.4) is 0 Å². The normalized spacial score (nSPS) is 14.0. The summed E-state index contributed by atoms with van der Waals surface area (Å²) in [6.45, 7) is 2.81. The molecule has 1 N–H and O–H groups in total. The number of morpholine rings is 1. The molecule has 1 aromatic heterocycles. The lowest BCUT2D eigenvalue weighted by Gasteiger charge is -2.28. The number of hydrogen-bond acceptors (Lipinski definition) is 6. The first-order valence-corrected chi connectivity index (χ1v) is 8.02. The number of nitrogens with zero attached hydrogens (tertiary/aromatic N) is 2. The van der Waals surface area contributed by atoms with E-state index in [1.165, 1.54) is 6.20 Å². The SMILES string of the molecule is O=C(COC(=O)c1cccnc1)Nc1ccc(N2CCOCC2)cc1. The smallest absolute Gasteiger partial charge is 0.340 e. The number of carbonyl (C=O) groups is 2. The first-order chi connectivity index (χ1) is 12.2. The molecule has 1 aliphatic rings. The van der Waals surface area contributed by atoms with Gasteiger partial charge in [0.15, 0.2) is 6.61 Å². The summed E-state index contributed by atoms with van der Waals surface area (Å²) < 4.78 is 10.3. The minimum absolute atomic E-state index is 0.310. The van der Waals surface area contributed by atoms with Crippen LogP contribution in [-0.2, 0) is 14.3 Å². The fourth-order valence-electron chi connectivity index (χ4n) is 2.47. The van der Waals surface area contributed by atoms with Gasteiger partial charge in [-0.3, -0.25) is 9.78 Å². The topological polar surface area (TPSA) is 80.8 Å². The Labute approximate surface area is 145 Å². The molecule has 1 aliphatic heterocycles. The Morgan fingerprint density at radius 1 is 1.16 bits per heavy atom. The lowest BCUT2D eigenvalue weighted by Crippen LogP contribution is -2.36. The van der Waals surface area contributed by atoms with Gasteiger partial charge in [0.1, 0.15) is 0 Å². The third-order valence-electron chi connectivity index (χ3n) is 3.76. The van der Waals surface area contributed by atoms with Crippen molar-refractivity contribution in [2.75, 3.05) is 43.1 Å².